The first-order valence-electron chi connectivity index (χ1n) is 6.76. The van der Waals surface area contributed by atoms with Crippen molar-refractivity contribution in [1.82, 2.24) is 10.2 Å². The number of hydrogen-bond acceptors (Lipinski definition) is 3. The van der Waals surface area contributed by atoms with Gasteiger partial charge in [-0.1, -0.05) is 12.1 Å². The number of benzene rings is 1. The molecule has 0 unspecified atom stereocenters. The first kappa shape index (κ1) is 20.2. The van der Waals surface area contributed by atoms with Crippen molar-refractivity contribution in [2.45, 2.75) is 18.9 Å². The molecule has 1 aromatic carbocycles. The number of rotatable bonds is 5. The number of phenolic OH excluding ortho intramolecular Hbond substituents is 1. The van der Waals surface area contributed by atoms with E-state index in [9.17, 15) is 9.50 Å². The smallest absolute Gasteiger partial charge is 0.131 e. The van der Waals surface area contributed by atoms with Crippen molar-refractivity contribution in [1.29, 1.82) is 0 Å². The molecule has 0 radical (unpaired) electrons. The molecule has 120 valence electrons. The van der Waals surface area contributed by atoms with E-state index in [2.05, 4.69) is 16.8 Å². The molecule has 2 N–H and O–H groups in total. The Labute approximate surface area is 138 Å². The molecule has 6 heteroatoms. The largest absolute Gasteiger partial charge is 0.508 e. The molecule has 3 nitrogen and oxygen atoms in total. The standard InChI is InChI=1S/C15H21FN2O.2ClH/c1-2-3-4-15(18-9-7-17-8-10-18)13-6-5-12(19)11-14(13)16;;/h2,5-6,11,15,17,19H,1,3-4,7-10H2;2*1H/t15-;;/m1../s1. The Kier molecular flexibility index (Phi) is 9.62. The lowest BCUT2D eigenvalue weighted by atomic mass is 9.98. The van der Waals surface area contributed by atoms with Crippen LogP contribution in [0.4, 0.5) is 4.39 Å². The summed E-state index contributed by atoms with van der Waals surface area (Å²) in [6.07, 6.45) is 3.58. The molecular weight excluding hydrogens is 314 g/mol. The fraction of sp³-hybridized carbons (Fsp3) is 0.467. The van der Waals surface area contributed by atoms with Crippen molar-refractivity contribution in [3.8, 4) is 5.75 Å². The van der Waals surface area contributed by atoms with Crippen molar-refractivity contribution in [3.63, 3.8) is 0 Å². The summed E-state index contributed by atoms with van der Waals surface area (Å²) in [7, 11) is 0. The van der Waals surface area contributed by atoms with E-state index in [1.54, 1.807) is 12.1 Å². The molecule has 1 fully saturated rings. The zero-order valence-corrected chi connectivity index (χ0v) is 13.6. The summed E-state index contributed by atoms with van der Waals surface area (Å²) in [5.74, 6) is -0.350. The van der Waals surface area contributed by atoms with Gasteiger partial charge in [0.05, 0.1) is 0 Å². The van der Waals surface area contributed by atoms with E-state index in [1.165, 1.54) is 6.07 Å². The molecule has 1 aromatic rings. The van der Waals surface area contributed by atoms with Crippen molar-refractivity contribution < 1.29 is 9.50 Å². The summed E-state index contributed by atoms with van der Waals surface area (Å²) in [5.41, 5.74) is 0.668. The van der Waals surface area contributed by atoms with Gasteiger partial charge in [0, 0.05) is 43.9 Å². The maximum Gasteiger partial charge on any atom is 0.131 e. The van der Waals surface area contributed by atoms with E-state index in [0.29, 0.717) is 5.56 Å². The number of hydrogen-bond donors (Lipinski definition) is 2. The number of piperazine rings is 1. The normalized spacial score (nSPS) is 16.4. The van der Waals surface area contributed by atoms with Crippen LogP contribution in [0, 0.1) is 5.82 Å². The molecule has 0 spiro atoms. The molecule has 1 atom stereocenters. The third-order valence-electron chi connectivity index (χ3n) is 3.58. The van der Waals surface area contributed by atoms with E-state index in [-0.39, 0.29) is 42.4 Å². The molecule has 0 bridgehead atoms. The number of allylic oxidation sites excluding steroid dienone is 1. The SMILES string of the molecule is C=CCC[C@H](c1ccc(O)cc1F)N1CCNCC1.Cl.Cl. The lowest BCUT2D eigenvalue weighted by molar-refractivity contribution is 0.163. The third-order valence-corrected chi connectivity index (χ3v) is 3.58. The minimum Gasteiger partial charge on any atom is -0.508 e. The number of halogens is 3. The lowest BCUT2D eigenvalue weighted by Gasteiger charge is -2.35. The van der Waals surface area contributed by atoms with Gasteiger partial charge in [0.1, 0.15) is 11.6 Å². The Morgan fingerprint density at radius 2 is 2.00 bits per heavy atom. The second-order valence-electron chi connectivity index (χ2n) is 4.87. The Bertz CT molecular complexity index is 440. The lowest BCUT2D eigenvalue weighted by Crippen LogP contribution is -2.45. The van der Waals surface area contributed by atoms with Gasteiger partial charge in [-0.2, -0.15) is 0 Å². The zero-order valence-electron chi connectivity index (χ0n) is 11.9. The van der Waals surface area contributed by atoms with Gasteiger partial charge in [-0.15, -0.1) is 31.4 Å². The van der Waals surface area contributed by atoms with Crippen LogP contribution in [0.25, 0.3) is 0 Å². The Hall–Kier alpha value is -0.810. The van der Waals surface area contributed by atoms with Crippen LogP contribution in [0.15, 0.2) is 30.9 Å². The van der Waals surface area contributed by atoms with Crippen LogP contribution in [-0.2, 0) is 0 Å². The average molecular weight is 337 g/mol. The summed E-state index contributed by atoms with van der Waals surface area (Å²) in [6, 6.07) is 4.50. The topological polar surface area (TPSA) is 35.5 Å². The highest BCUT2D eigenvalue weighted by Gasteiger charge is 2.24. The minimum absolute atomic E-state index is 0. The van der Waals surface area contributed by atoms with E-state index in [1.807, 2.05) is 6.08 Å². The second-order valence-corrected chi connectivity index (χ2v) is 4.87. The summed E-state index contributed by atoms with van der Waals surface area (Å²) >= 11 is 0. The van der Waals surface area contributed by atoms with Gasteiger partial charge in [0.15, 0.2) is 0 Å². The van der Waals surface area contributed by atoms with Gasteiger partial charge in [-0.3, -0.25) is 4.90 Å². The predicted octanol–water partition coefficient (Wildman–Crippen LogP) is 3.29. The molecule has 0 amide bonds. The Morgan fingerprint density at radius 1 is 1.33 bits per heavy atom. The van der Waals surface area contributed by atoms with Gasteiger partial charge in [0.2, 0.25) is 0 Å². The van der Waals surface area contributed by atoms with Crippen LogP contribution in [0.1, 0.15) is 24.4 Å². The molecular formula is C15H23Cl2FN2O. The Balaban J connectivity index is 0.00000200. The molecule has 0 aliphatic carbocycles. The quantitative estimate of drug-likeness (QED) is 0.810. The van der Waals surface area contributed by atoms with Crippen molar-refractivity contribution in [2.24, 2.45) is 0 Å². The summed E-state index contributed by atoms with van der Waals surface area (Å²) in [5, 5.41) is 12.6. The van der Waals surface area contributed by atoms with Crippen LogP contribution < -0.4 is 5.32 Å². The van der Waals surface area contributed by atoms with Gasteiger partial charge in [0.25, 0.3) is 0 Å². The molecule has 1 aliphatic rings. The second kappa shape index (κ2) is 10.0. The fourth-order valence-electron chi connectivity index (χ4n) is 2.59. The fourth-order valence-corrected chi connectivity index (χ4v) is 2.59. The number of phenols is 1. The molecule has 0 aromatic heterocycles. The van der Waals surface area contributed by atoms with Crippen LogP contribution >= 0.6 is 24.8 Å². The minimum atomic E-state index is -0.326. The summed E-state index contributed by atoms with van der Waals surface area (Å²) < 4.78 is 14.1. The maximum absolute atomic E-state index is 14.1. The molecule has 1 aliphatic heterocycles. The van der Waals surface area contributed by atoms with Crippen LogP contribution in [0.5, 0.6) is 5.75 Å². The molecule has 21 heavy (non-hydrogen) atoms. The summed E-state index contributed by atoms with van der Waals surface area (Å²) in [4.78, 5) is 2.30. The van der Waals surface area contributed by atoms with Crippen LogP contribution in [0.3, 0.4) is 0 Å². The van der Waals surface area contributed by atoms with E-state index >= 15 is 0 Å². The highest BCUT2D eigenvalue weighted by atomic mass is 35.5. The van der Waals surface area contributed by atoms with Gasteiger partial charge < -0.3 is 10.4 Å². The highest BCUT2D eigenvalue weighted by Crippen LogP contribution is 2.30. The molecule has 1 saturated heterocycles. The van der Waals surface area contributed by atoms with Crippen molar-refractivity contribution in [2.75, 3.05) is 26.2 Å². The molecule has 0 saturated carbocycles. The van der Waals surface area contributed by atoms with E-state index in [4.69, 9.17) is 0 Å². The number of nitrogens with zero attached hydrogens (tertiary/aromatic N) is 1. The summed E-state index contributed by atoms with van der Waals surface area (Å²) in [6.45, 7) is 7.45. The van der Waals surface area contributed by atoms with Crippen LogP contribution in [0.2, 0.25) is 0 Å². The average Bonchev–Trinajstić information content (AvgIpc) is 2.42. The van der Waals surface area contributed by atoms with E-state index in [0.717, 1.165) is 39.0 Å². The maximum atomic E-state index is 14.1. The van der Waals surface area contributed by atoms with Crippen molar-refractivity contribution >= 4 is 24.8 Å². The zero-order chi connectivity index (χ0) is 13.7. The van der Waals surface area contributed by atoms with E-state index < -0.39 is 0 Å². The number of nitrogens with one attached hydrogen (secondary N) is 1. The molecule has 2 rings (SSSR count). The monoisotopic (exact) mass is 336 g/mol. The van der Waals surface area contributed by atoms with Gasteiger partial charge >= 0.3 is 0 Å². The van der Waals surface area contributed by atoms with Crippen molar-refractivity contribution in [3.05, 3.63) is 42.2 Å². The number of aromatic hydroxyl groups is 1. The first-order valence-corrected chi connectivity index (χ1v) is 6.76. The van der Waals surface area contributed by atoms with Gasteiger partial charge in [-0.25, -0.2) is 4.39 Å². The molecule has 1 heterocycles. The predicted molar refractivity (Wildman–Crippen MR) is 89.2 cm³/mol. The Morgan fingerprint density at radius 3 is 2.57 bits per heavy atom. The van der Waals surface area contributed by atoms with Gasteiger partial charge in [-0.05, 0) is 18.9 Å². The highest BCUT2D eigenvalue weighted by molar-refractivity contribution is 5.85. The van der Waals surface area contributed by atoms with Crippen LogP contribution in [-0.4, -0.2) is 36.2 Å². The third kappa shape index (κ3) is 5.47. The first-order chi connectivity index (χ1) is 9.22.